The van der Waals surface area contributed by atoms with Crippen LogP contribution in [0.1, 0.15) is 32.3 Å². The molecule has 1 aromatic carbocycles. The fourth-order valence-corrected chi connectivity index (χ4v) is 1.84. The molecule has 2 nitrogen and oxygen atoms in total. The molecule has 15 heavy (non-hydrogen) atoms. The maximum Gasteiger partial charge on any atom is 0.224 e. The number of amides is 1. The number of hydrogen-bond acceptors (Lipinski definition) is 1. The van der Waals surface area contributed by atoms with E-state index in [9.17, 15) is 4.79 Å². The zero-order valence-corrected chi connectivity index (χ0v) is 10.7. The average Bonchev–Trinajstić information content (AvgIpc) is 2.21. The van der Waals surface area contributed by atoms with Crippen LogP contribution in [0.25, 0.3) is 0 Å². The molecule has 0 saturated carbocycles. The lowest BCUT2D eigenvalue weighted by atomic mass is 10.1. The van der Waals surface area contributed by atoms with E-state index in [1.165, 1.54) is 5.56 Å². The second-order valence-electron chi connectivity index (χ2n) is 3.47. The Labute approximate surface area is 99.2 Å². The Hall–Kier alpha value is -0.830. The van der Waals surface area contributed by atoms with Crippen molar-refractivity contribution in [1.82, 2.24) is 0 Å². The first-order chi connectivity index (χ1) is 7.17. The predicted molar refractivity (Wildman–Crippen MR) is 67.1 cm³/mol. The van der Waals surface area contributed by atoms with E-state index in [0.29, 0.717) is 6.42 Å². The van der Waals surface area contributed by atoms with E-state index in [2.05, 4.69) is 28.2 Å². The summed E-state index contributed by atoms with van der Waals surface area (Å²) in [5, 5.41) is 2.88. The quantitative estimate of drug-likeness (QED) is 0.887. The van der Waals surface area contributed by atoms with E-state index < -0.39 is 0 Å². The third kappa shape index (κ3) is 3.67. The van der Waals surface area contributed by atoms with E-state index in [0.717, 1.165) is 23.0 Å². The van der Waals surface area contributed by atoms with Crippen molar-refractivity contribution in [1.29, 1.82) is 0 Å². The van der Waals surface area contributed by atoms with Crippen molar-refractivity contribution >= 4 is 27.5 Å². The molecule has 1 amide bonds. The number of halogens is 1. The minimum atomic E-state index is 0.0717. The number of carbonyl (C=O) groups excluding carboxylic acids is 1. The highest BCUT2D eigenvalue weighted by atomic mass is 79.9. The molecule has 0 aliphatic rings. The molecule has 1 aromatic rings. The minimum Gasteiger partial charge on any atom is -0.325 e. The zero-order chi connectivity index (χ0) is 11.3. The number of rotatable bonds is 4. The summed E-state index contributed by atoms with van der Waals surface area (Å²) in [5.74, 6) is 0.0717. The molecule has 0 fully saturated rings. The van der Waals surface area contributed by atoms with Crippen LogP contribution in [0, 0.1) is 0 Å². The van der Waals surface area contributed by atoms with Gasteiger partial charge in [-0.15, -0.1) is 0 Å². The van der Waals surface area contributed by atoms with Crippen LogP contribution in [0.2, 0.25) is 0 Å². The molecular weight excluding hydrogens is 254 g/mol. The van der Waals surface area contributed by atoms with Crippen molar-refractivity contribution in [3.63, 3.8) is 0 Å². The summed E-state index contributed by atoms with van der Waals surface area (Å²) >= 11 is 3.45. The molecule has 1 rings (SSSR count). The van der Waals surface area contributed by atoms with Crippen molar-refractivity contribution in [2.45, 2.75) is 33.1 Å². The summed E-state index contributed by atoms with van der Waals surface area (Å²) in [5.41, 5.74) is 2.11. The second kappa shape index (κ2) is 5.91. The van der Waals surface area contributed by atoms with Gasteiger partial charge in [0.15, 0.2) is 0 Å². The maximum absolute atomic E-state index is 11.4. The molecule has 0 saturated heterocycles. The number of carbonyl (C=O) groups is 1. The maximum atomic E-state index is 11.4. The highest BCUT2D eigenvalue weighted by Gasteiger charge is 2.04. The Morgan fingerprint density at radius 1 is 1.40 bits per heavy atom. The largest absolute Gasteiger partial charge is 0.325 e. The van der Waals surface area contributed by atoms with Gasteiger partial charge in [0.25, 0.3) is 0 Å². The molecule has 82 valence electrons. The third-order valence-corrected chi connectivity index (χ3v) is 2.85. The van der Waals surface area contributed by atoms with E-state index in [-0.39, 0.29) is 5.91 Å². The zero-order valence-electron chi connectivity index (χ0n) is 9.14. The molecular formula is C12H16BrNO. The van der Waals surface area contributed by atoms with Crippen LogP contribution < -0.4 is 5.32 Å². The van der Waals surface area contributed by atoms with Gasteiger partial charge in [-0.3, -0.25) is 4.79 Å². The SMILES string of the molecule is CCCC(=O)Nc1ccc(CC)cc1Br. The van der Waals surface area contributed by atoms with Gasteiger partial charge in [-0.2, -0.15) is 0 Å². The van der Waals surface area contributed by atoms with Crippen LogP contribution in [0.3, 0.4) is 0 Å². The van der Waals surface area contributed by atoms with Gasteiger partial charge in [-0.25, -0.2) is 0 Å². The molecule has 1 N–H and O–H groups in total. The number of benzene rings is 1. The number of anilines is 1. The molecule has 0 atom stereocenters. The van der Waals surface area contributed by atoms with Gasteiger partial charge in [0.2, 0.25) is 5.91 Å². The monoisotopic (exact) mass is 269 g/mol. The second-order valence-corrected chi connectivity index (χ2v) is 4.32. The van der Waals surface area contributed by atoms with Gasteiger partial charge < -0.3 is 5.32 Å². The lowest BCUT2D eigenvalue weighted by Crippen LogP contribution is -2.11. The van der Waals surface area contributed by atoms with Crippen LogP contribution in [-0.2, 0) is 11.2 Å². The van der Waals surface area contributed by atoms with Gasteiger partial charge in [-0.05, 0) is 46.5 Å². The topological polar surface area (TPSA) is 29.1 Å². The molecule has 0 spiro atoms. The van der Waals surface area contributed by atoms with Gasteiger partial charge in [-0.1, -0.05) is 19.9 Å². The first-order valence-electron chi connectivity index (χ1n) is 5.25. The summed E-state index contributed by atoms with van der Waals surface area (Å²) in [7, 11) is 0. The number of aryl methyl sites for hydroxylation is 1. The first kappa shape index (κ1) is 12.2. The number of nitrogens with one attached hydrogen (secondary N) is 1. The van der Waals surface area contributed by atoms with Gasteiger partial charge in [0.1, 0.15) is 0 Å². The highest BCUT2D eigenvalue weighted by molar-refractivity contribution is 9.10. The van der Waals surface area contributed by atoms with Gasteiger partial charge in [0, 0.05) is 10.9 Å². The Kier molecular flexibility index (Phi) is 4.82. The van der Waals surface area contributed by atoms with Crippen molar-refractivity contribution in [2.24, 2.45) is 0 Å². The van der Waals surface area contributed by atoms with Gasteiger partial charge in [0.05, 0.1) is 5.69 Å². The summed E-state index contributed by atoms with van der Waals surface area (Å²) in [4.78, 5) is 11.4. The first-order valence-corrected chi connectivity index (χ1v) is 6.05. The minimum absolute atomic E-state index is 0.0717. The van der Waals surface area contributed by atoms with Crippen molar-refractivity contribution in [3.05, 3.63) is 28.2 Å². The van der Waals surface area contributed by atoms with Crippen LogP contribution >= 0.6 is 15.9 Å². The summed E-state index contributed by atoms with van der Waals surface area (Å²) < 4.78 is 0.950. The van der Waals surface area contributed by atoms with Gasteiger partial charge >= 0.3 is 0 Å². The van der Waals surface area contributed by atoms with Crippen molar-refractivity contribution < 1.29 is 4.79 Å². The lowest BCUT2D eigenvalue weighted by molar-refractivity contribution is -0.116. The fraction of sp³-hybridized carbons (Fsp3) is 0.417. The summed E-state index contributed by atoms with van der Waals surface area (Å²) in [6.45, 7) is 4.10. The molecule has 0 bridgehead atoms. The molecule has 3 heteroatoms. The normalized spacial score (nSPS) is 10.1. The molecule has 0 aliphatic carbocycles. The lowest BCUT2D eigenvalue weighted by Gasteiger charge is -2.08. The third-order valence-electron chi connectivity index (χ3n) is 2.19. The molecule has 0 radical (unpaired) electrons. The van der Waals surface area contributed by atoms with E-state index in [1.54, 1.807) is 0 Å². The molecule has 0 unspecified atom stereocenters. The summed E-state index contributed by atoms with van der Waals surface area (Å²) in [6, 6.07) is 6.02. The van der Waals surface area contributed by atoms with E-state index >= 15 is 0 Å². The van der Waals surface area contributed by atoms with Crippen molar-refractivity contribution in [2.75, 3.05) is 5.32 Å². The Morgan fingerprint density at radius 2 is 2.13 bits per heavy atom. The predicted octanol–water partition coefficient (Wildman–Crippen LogP) is 3.75. The van der Waals surface area contributed by atoms with Crippen LogP contribution in [0.15, 0.2) is 22.7 Å². The Balaban J connectivity index is 2.73. The smallest absolute Gasteiger partial charge is 0.224 e. The Morgan fingerprint density at radius 3 is 2.67 bits per heavy atom. The van der Waals surface area contributed by atoms with Crippen LogP contribution in [-0.4, -0.2) is 5.91 Å². The number of hydrogen-bond donors (Lipinski definition) is 1. The van der Waals surface area contributed by atoms with Crippen molar-refractivity contribution in [3.8, 4) is 0 Å². The van der Waals surface area contributed by atoms with Crippen LogP contribution in [0.4, 0.5) is 5.69 Å². The molecule has 0 aromatic heterocycles. The standard InChI is InChI=1S/C12H16BrNO/c1-3-5-12(15)14-11-7-6-9(4-2)8-10(11)13/h6-8H,3-5H2,1-2H3,(H,14,15). The molecule has 0 aliphatic heterocycles. The molecule has 0 heterocycles. The van der Waals surface area contributed by atoms with E-state index in [1.807, 2.05) is 25.1 Å². The Bertz CT molecular complexity index is 349. The van der Waals surface area contributed by atoms with Crippen LogP contribution in [0.5, 0.6) is 0 Å². The highest BCUT2D eigenvalue weighted by Crippen LogP contribution is 2.24. The fourth-order valence-electron chi connectivity index (χ4n) is 1.32. The summed E-state index contributed by atoms with van der Waals surface area (Å²) in [6.07, 6.45) is 2.44. The van der Waals surface area contributed by atoms with E-state index in [4.69, 9.17) is 0 Å². The average molecular weight is 270 g/mol.